The summed E-state index contributed by atoms with van der Waals surface area (Å²) in [6.45, 7) is 8.22. The van der Waals surface area contributed by atoms with Gasteiger partial charge in [-0.3, -0.25) is 14.2 Å². The maximum atomic E-state index is 13.0. The van der Waals surface area contributed by atoms with Crippen LogP contribution in [-0.2, 0) is 11.3 Å². The van der Waals surface area contributed by atoms with Crippen LogP contribution in [0.1, 0.15) is 33.6 Å². The van der Waals surface area contributed by atoms with Crippen LogP contribution in [0.5, 0.6) is 0 Å². The molecule has 1 aliphatic rings. The summed E-state index contributed by atoms with van der Waals surface area (Å²) in [4.78, 5) is 32.6. The lowest BCUT2D eigenvalue weighted by Gasteiger charge is -2.36. The van der Waals surface area contributed by atoms with Gasteiger partial charge in [-0.05, 0) is 43.7 Å². The number of carbonyl (C=O) groups excluding carboxylic acids is 1. The van der Waals surface area contributed by atoms with Gasteiger partial charge >= 0.3 is 0 Å². The topological polar surface area (TPSA) is 75.4 Å². The van der Waals surface area contributed by atoms with Crippen LogP contribution < -0.4 is 5.56 Å². The zero-order chi connectivity index (χ0) is 20.3. The molecule has 6 nitrogen and oxygen atoms in total. The number of thioether (sulfide) groups is 1. The van der Waals surface area contributed by atoms with E-state index in [1.807, 2.05) is 30.0 Å². The number of hydrogen-bond acceptors (Lipinski definition) is 5. The third kappa shape index (κ3) is 4.58. The molecule has 3 unspecified atom stereocenters. The maximum absolute atomic E-state index is 13.0. The largest absolute Gasteiger partial charge is 0.396 e. The number of nitrogens with zero attached hydrogens (tertiary/aromatic N) is 3. The Labute approximate surface area is 170 Å². The molecule has 7 heteroatoms. The number of fused-ring (bicyclic) bond motifs is 1. The zero-order valence-electron chi connectivity index (χ0n) is 16.8. The number of benzene rings is 1. The Morgan fingerprint density at radius 1 is 1.29 bits per heavy atom. The SMILES string of the molecule is CC1CC(C)CN(C(=O)C(C)Sc2nc3ccccc3c(=O)n2CCCO)C1. The lowest BCUT2D eigenvalue weighted by atomic mass is 9.92. The van der Waals surface area contributed by atoms with Gasteiger partial charge < -0.3 is 10.0 Å². The number of amides is 1. The fraction of sp³-hybridized carbons (Fsp3) is 0.571. The molecule has 1 amide bonds. The fourth-order valence-corrected chi connectivity index (χ4v) is 4.99. The van der Waals surface area contributed by atoms with E-state index in [9.17, 15) is 14.7 Å². The molecule has 28 heavy (non-hydrogen) atoms. The first-order valence-electron chi connectivity index (χ1n) is 9.96. The molecule has 152 valence electrons. The van der Waals surface area contributed by atoms with Crippen molar-refractivity contribution in [1.82, 2.24) is 14.5 Å². The van der Waals surface area contributed by atoms with Gasteiger partial charge in [0.25, 0.3) is 5.56 Å². The van der Waals surface area contributed by atoms with Crippen LogP contribution in [0.15, 0.2) is 34.2 Å². The van der Waals surface area contributed by atoms with Crippen LogP contribution in [0.4, 0.5) is 0 Å². The van der Waals surface area contributed by atoms with E-state index in [4.69, 9.17) is 0 Å². The molecule has 0 bridgehead atoms. The minimum absolute atomic E-state index is 0.00140. The average molecular weight is 404 g/mol. The number of rotatable bonds is 6. The molecule has 1 N–H and O–H groups in total. The normalized spacial score (nSPS) is 21.1. The summed E-state index contributed by atoms with van der Waals surface area (Å²) in [7, 11) is 0. The minimum atomic E-state index is -0.328. The molecule has 3 atom stereocenters. The molecular formula is C21H29N3O3S. The molecule has 0 radical (unpaired) electrons. The summed E-state index contributed by atoms with van der Waals surface area (Å²) in [6.07, 6.45) is 1.62. The smallest absolute Gasteiger partial charge is 0.262 e. The Balaban J connectivity index is 1.87. The minimum Gasteiger partial charge on any atom is -0.396 e. The highest BCUT2D eigenvalue weighted by Crippen LogP contribution is 2.27. The van der Waals surface area contributed by atoms with Crippen LogP contribution >= 0.6 is 11.8 Å². The summed E-state index contributed by atoms with van der Waals surface area (Å²) >= 11 is 1.33. The van der Waals surface area contributed by atoms with Crippen molar-refractivity contribution < 1.29 is 9.90 Å². The summed E-state index contributed by atoms with van der Waals surface area (Å²) in [6, 6.07) is 7.25. The second-order valence-electron chi connectivity index (χ2n) is 7.89. The number of para-hydroxylation sites is 1. The second-order valence-corrected chi connectivity index (χ2v) is 9.20. The Morgan fingerprint density at radius 2 is 1.96 bits per heavy atom. The Kier molecular flexibility index (Phi) is 6.78. The number of aliphatic hydroxyl groups is 1. The molecule has 3 rings (SSSR count). The van der Waals surface area contributed by atoms with Crippen molar-refractivity contribution in [2.45, 2.75) is 50.6 Å². The Bertz CT molecular complexity index is 888. The molecule has 1 saturated heterocycles. The Morgan fingerprint density at radius 3 is 2.64 bits per heavy atom. The van der Waals surface area contributed by atoms with Gasteiger partial charge in [0, 0.05) is 26.2 Å². The molecule has 0 saturated carbocycles. The number of likely N-dealkylation sites (tertiary alicyclic amines) is 1. The number of hydrogen-bond donors (Lipinski definition) is 1. The predicted molar refractivity (Wildman–Crippen MR) is 113 cm³/mol. The third-order valence-electron chi connectivity index (χ3n) is 5.18. The first kappa shape index (κ1) is 20.9. The molecular weight excluding hydrogens is 374 g/mol. The van der Waals surface area contributed by atoms with Gasteiger partial charge in [0.15, 0.2) is 5.16 Å². The standard InChI is InChI=1S/C21H29N3O3S/c1-14-11-15(2)13-23(12-14)19(26)16(3)28-21-22-18-8-5-4-7-17(18)20(27)24(21)9-6-10-25/h4-5,7-8,14-16,25H,6,9-13H2,1-3H3. The highest BCUT2D eigenvalue weighted by molar-refractivity contribution is 8.00. The van der Waals surface area contributed by atoms with Crippen molar-refractivity contribution in [1.29, 1.82) is 0 Å². The van der Waals surface area contributed by atoms with Crippen molar-refractivity contribution in [2.75, 3.05) is 19.7 Å². The molecule has 1 aromatic heterocycles. The van der Waals surface area contributed by atoms with Crippen LogP contribution in [0.25, 0.3) is 10.9 Å². The lowest BCUT2D eigenvalue weighted by molar-refractivity contribution is -0.132. The average Bonchev–Trinajstić information content (AvgIpc) is 2.66. The predicted octanol–water partition coefficient (Wildman–Crippen LogP) is 2.76. The zero-order valence-corrected chi connectivity index (χ0v) is 17.6. The molecule has 1 fully saturated rings. The van der Waals surface area contributed by atoms with Gasteiger partial charge in [-0.1, -0.05) is 37.7 Å². The summed E-state index contributed by atoms with van der Waals surface area (Å²) in [5.41, 5.74) is 0.511. The van der Waals surface area contributed by atoms with E-state index in [0.29, 0.717) is 40.9 Å². The number of aliphatic hydroxyl groups excluding tert-OH is 1. The van der Waals surface area contributed by atoms with Crippen LogP contribution in [-0.4, -0.2) is 50.4 Å². The van der Waals surface area contributed by atoms with Gasteiger partial charge in [0.2, 0.25) is 5.91 Å². The highest BCUT2D eigenvalue weighted by atomic mass is 32.2. The summed E-state index contributed by atoms with van der Waals surface area (Å²) < 4.78 is 1.59. The Hall–Kier alpha value is -1.86. The van der Waals surface area contributed by atoms with E-state index in [1.165, 1.54) is 11.8 Å². The van der Waals surface area contributed by atoms with Crippen molar-refractivity contribution >= 4 is 28.6 Å². The van der Waals surface area contributed by atoms with Crippen LogP contribution in [0, 0.1) is 11.8 Å². The quantitative estimate of drug-likeness (QED) is 0.593. The first-order chi connectivity index (χ1) is 13.4. The van der Waals surface area contributed by atoms with E-state index >= 15 is 0 Å². The molecule has 1 aliphatic heterocycles. The highest BCUT2D eigenvalue weighted by Gasteiger charge is 2.29. The van der Waals surface area contributed by atoms with E-state index in [2.05, 4.69) is 18.8 Å². The van der Waals surface area contributed by atoms with Gasteiger partial charge in [0.05, 0.1) is 16.2 Å². The molecule has 2 aromatic rings. The number of aromatic nitrogens is 2. The van der Waals surface area contributed by atoms with E-state index in [-0.39, 0.29) is 23.3 Å². The van der Waals surface area contributed by atoms with Gasteiger partial charge in [-0.2, -0.15) is 0 Å². The molecule has 0 aliphatic carbocycles. The first-order valence-corrected chi connectivity index (χ1v) is 10.8. The van der Waals surface area contributed by atoms with E-state index < -0.39 is 0 Å². The molecule has 0 spiro atoms. The van der Waals surface area contributed by atoms with Gasteiger partial charge in [-0.25, -0.2) is 4.98 Å². The van der Waals surface area contributed by atoms with E-state index in [1.54, 1.807) is 10.6 Å². The lowest BCUT2D eigenvalue weighted by Crippen LogP contribution is -2.45. The summed E-state index contributed by atoms with van der Waals surface area (Å²) in [5.74, 6) is 1.11. The number of carbonyl (C=O) groups is 1. The third-order valence-corrected chi connectivity index (χ3v) is 6.25. The van der Waals surface area contributed by atoms with Crippen molar-refractivity contribution in [3.05, 3.63) is 34.6 Å². The monoisotopic (exact) mass is 403 g/mol. The molecule has 2 heterocycles. The summed E-state index contributed by atoms with van der Waals surface area (Å²) in [5, 5.41) is 9.98. The van der Waals surface area contributed by atoms with Gasteiger partial charge in [0.1, 0.15) is 0 Å². The number of piperidine rings is 1. The maximum Gasteiger partial charge on any atom is 0.262 e. The van der Waals surface area contributed by atoms with Gasteiger partial charge in [-0.15, -0.1) is 0 Å². The van der Waals surface area contributed by atoms with Crippen LogP contribution in [0.3, 0.4) is 0 Å². The van der Waals surface area contributed by atoms with E-state index in [0.717, 1.165) is 19.5 Å². The second kappa shape index (κ2) is 9.09. The fourth-order valence-electron chi connectivity index (χ4n) is 3.97. The molecule has 1 aromatic carbocycles. The van der Waals surface area contributed by atoms with Crippen molar-refractivity contribution in [3.63, 3.8) is 0 Å². The van der Waals surface area contributed by atoms with Crippen LogP contribution in [0.2, 0.25) is 0 Å². The van der Waals surface area contributed by atoms with Crippen molar-refractivity contribution in [2.24, 2.45) is 11.8 Å². The van der Waals surface area contributed by atoms with Crippen molar-refractivity contribution in [3.8, 4) is 0 Å².